The minimum Gasteiger partial charge on any atom is -0.311 e. The van der Waals surface area contributed by atoms with Gasteiger partial charge in [0, 0.05) is 36.2 Å². The maximum absolute atomic E-state index is 10.6. The molecule has 0 aliphatic carbocycles. The van der Waals surface area contributed by atoms with E-state index >= 15 is 0 Å². The molecule has 2 rings (SSSR count). The number of halogens is 1. The van der Waals surface area contributed by atoms with Gasteiger partial charge in [0.25, 0.3) is 5.69 Å². The van der Waals surface area contributed by atoms with Crippen molar-refractivity contribution in [2.45, 2.75) is 19.4 Å². The largest absolute Gasteiger partial charge is 0.311 e. The lowest BCUT2D eigenvalue weighted by Gasteiger charge is -2.15. The summed E-state index contributed by atoms with van der Waals surface area (Å²) in [5, 5.41) is 14.0. The fourth-order valence-electron chi connectivity index (χ4n) is 2.26. The molecule has 1 aromatic rings. The number of likely N-dealkylation sites (tertiary alicyclic amines) is 1. The number of nitrogens with one attached hydrogen (secondary N) is 1. The van der Waals surface area contributed by atoms with Crippen LogP contribution in [0.25, 0.3) is 0 Å². The van der Waals surface area contributed by atoms with Gasteiger partial charge in [-0.25, -0.2) is 0 Å². The third-order valence-electron chi connectivity index (χ3n) is 3.37. The van der Waals surface area contributed by atoms with Gasteiger partial charge in [0.15, 0.2) is 0 Å². The minimum atomic E-state index is -0.380. The van der Waals surface area contributed by atoms with Crippen LogP contribution in [0, 0.1) is 10.1 Å². The Kier molecular flexibility index (Phi) is 5.30. The van der Waals surface area contributed by atoms with E-state index < -0.39 is 0 Å². The Morgan fingerprint density at radius 3 is 2.74 bits per heavy atom. The van der Waals surface area contributed by atoms with Crippen LogP contribution < -0.4 is 5.32 Å². The Morgan fingerprint density at radius 1 is 1.37 bits per heavy atom. The molecule has 0 unspecified atom stereocenters. The van der Waals surface area contributed by atoms with E-state index in [1.165, 1.54) is 25.9 Å². The van der Waals surface area contributed by atoms with E-state index in [-0.39, 0.29) is 10.6 Å². The van der Waals surface area contributed by atoms with E-state index in [1.54, 1.807) is 18.2 Å². The topological polar surface area (TPSA) is 58.4 Å². The highest BCUT2D eigenvalue weighted by atomic mass is 79.9. The zero-order chi connectivity index (χ0) is 13.7. The number of nitro benzene ring substituents is 1. The summed E-state index contributed by atoms with van der Waals surface area (Å²) >= 11 is 3.38. The third-order valence-corrected chi connectivity index (χ3v) is 4.10. The van der Waals surface area contributed by atoms with Crippen molar-refractivity contribution in [1.29, 1.82) is 0 Å². The van der Waals surface area contributed by atoms with Gasteiger partial charge in [-0.3, -0.25) is 10.1 Å². The first-order valence-corrected chi connectivity index (χ1v) is 7.32. The SMILES string of the molecule is O=[N+]([O-])c1ccc(CNCCN2CCCC2)c(Br)c1. The maximum atomic E-state index is 10.6. The summed E-state index contributed by atoms with van der Waals surface area (Å²) in [4.78, 5) is 12.7. The summed E-state index contributed by atoms with van der Waals surface area (Å²) in [5.41, 5.74) is 1.17. The van der Waals surface area contributed by atoms with Crippen molar-refractivity contribution >= 4 is 21.6 Å². The average Bonchev–Trinajstić information content (AvgIpc) is 2.89. The molecule has 0 radical (unpaired) electrons. The van der Waals surface area contributed by atoms with Crippen LogP contribution in [-0.4, -0.2) is 36.0 Å². The predicted molar refractivity (Wildman–Crippen MR) is 78.2 cm³/mol. The Labute approximate surface area is 121 Å². The summed E-state index contributed by atoms with van der Waals surface area (Å²) in [7, 11) is 0. The Balaban J connectivity index is 1.77. The number of hydrogen-bond acceptors (Lipinski definition) is 4. The summed E-state index contributed by atoms with van der Waals surface area (Å²) < 4.78 is 0.787. The van der Waals surface area contributed by atoms with Crippen LogP contribution in [0.3, 0.4) is 0 Å². The van der Waals surface area contributed by atoms with Crippen molar-refractivity contribution in [2.75, 3.05) is 26.2 Å². The summed E-state index contributed by atoms with van der Waals surface area (Å²) in [6, 6.07) is 4.89. The fourth-order valence-corrected chi connectivity index (χ4v) is 2.77. The summed E-state index contributed by atoms with van der Waals surface area (Å²) in [5.74, 6) is 0. The lowest BCUT2D eigenvalue weighted by atomic mass is 10.2. The zero-order valence-electron chi connectivity index (χ0n) is 10.8. The number of benzene rings is 1. The van der Waals surface area contributed by atoms with E-state index in [0.29, 0.717) is 0 Å². The fraction of sp³-hybridized carbons (Fsp3) is 0.538. The molecule has 0 bridgehead atoms. The van der Waals surface area contributed by atoms with Crippen molar-refractivity contribution in [2.24, 2.45) is 0 Å². The van der Waals surface area contributed by atoms with Crippen LogP contribution in [0.1, 0.15) is 18.4 Å². The normalized spacial score (nSPS) is 15.8. The molecule has 19 heavy (non-hydrogen) atoms. The lowest BCUT2D eigenvalue weighted by molar-refractivity contribution is -0.384. The molecule has 1 aliphatic rings. The highest BCUT2D eigenvalue weighted by Gasteiger charge is 2.11. The van der Waals surface area contributed by atoms with Crippen LogP contribution in [0.15, 0.2) is 22.7 Å². The van der Waals surface area contributed by atoms with Gasteiger partial charge in [0.1, 0.15) is 0 Å². The van der Waals surface area contributed by atoms with Crippen molar-refractivity contribution < 1.29 is 4.92 Å². The van der Waals surface area contributed by atoms with Gasteiger partial charge in [-0.15, -0.1) is 0 Å². The smallest absolute Gasteiger partial charge is 0.270 e. The molecule has 104 valence electrons. The van der Waals surface area contributed by atoms with Gasteiger partial charge < -0.3 is 10.2 Å². The maximum Gasteiger partial charge on any atom is 0.270 e. The Morgan fingerprint density at radius 2 is 2.11 bits per heavy atom. The van der Waals surface area contributed by atoms with Crippen LogP contribution in [0.4, 0.5) is 5.69 Å². The van der Waals surface area contributed by atoms with Gasteiger partial charge in [-0.05, 0) is 37.6 Å². The number of nitrogens with zero attached hydrogens (tertiary/aromatic N) is 2. The molecule has 0 saturated carbocycles. The van der Waals surface area contributed by atoms with E-state index in [9.17, 15) is 10.1 Å². The standard InChI is InChI=1S/C13H18BrN3O2/c14-13-9-12(17(18)19)4-3-11(13)10-15-5-8-16-6-1-2-7-16/h3-4,9,15H,1-2,5-8,10H2. The molecule has 1 aromatic carbocycles. The second kappa shape index (κ2) is 6.98. The van der Waals surface area contributed by atoms with Crippen molar-refractivity contribution in [3.8, 4) is 0 Å². The minimum absolute atomic E-state index is 0.118. The third kappa shape index (κ3) is 4.26. The van der Waals surface area contributed by atoms with E-state index in [0.717, 1.165) is 29.7 Å². The van der Waals surface area contributed by atoms with Crippen molar-refractivity contribution in [3.05, 3.63) is 38.3 Å². The molecular formula is C13H18BrN3O2. The van der Waals surface area contributed by atoms with Gasteiger partial charge >= 0.3 is 0 Å². The van der Waals surface area contributed by atoms with E-state index in [4.69, 9.17) is 0 Å². The van der Waals surface area contributed by atoms with Crippen molar-refractivity contribution in [3.63, 3.8) is 0 Å². The molecule has 5 nitrogen and oxygen atoms in total. The predicted octanol–water partition coefficient (Wildman–Crippen LogP) is 2.54. The highest BCUT2D eigenvalue weighted by Crippen LogP contribution is 2.22. The van der Waals surface area contributed by atoms with E-state index in [2.05, 4.69) is 26.1 Å². The molecule has 1 aliphatic heterocycles. The Bertz CT molecular complexity index is 448. The van der Waals surface area contributed by atoms with Crippen LogP contribution in [0.2, 0.25) is 0 Å². The molecule has 0 spiro atoms. The number of non-ortho nitro benzene ring substituents is 1. The first-order valence-electron chi connectivity index (χ1n) is 6.53. The molecule has 6 heteroatoms. The Hall–Kier alpha value is -0.980. The second-order valence-electron chi connectivity index (χ2n) is 4.76. The van der Waals surface area contributed by atoms with Crippen LogP contribution in [-0.2, 0) is 6.54 Å². The molecule has 0 aromatic heterocycles. The molecule has 1 saturated heterocycles. The van der Waals surface area contributed by atoms with Gasteiger partial charge in [0.2, 0.25) is 0 Å². The summed E-state index contributed by atoms with van der Waals surface area (Å²) in [6.45, 7) is 5.17. The van der Waals surface area contributed by atoms with Crippen LogP contribution in [0.5, 0.6) is 0 Å². The molecule has 0 atom stereocenters. The van der Waals surface area contributed by atoms with Crippen molar-refractivity contribution in [1.82, 2.24) is 10.2 Å². The molecule has 1 N–H and O–H groups in total. The molecule has 1 fully saturated rings. The van der Waals surface area contributed by atoms with Gasteiger partial charge in [-0.1, -0.05) is 15.9 Å². The first kappa shape index (κ1) is 14.4. The first-order chi connectivity index (χ1) is 9.16. The molecule has 1 heterocycles. The number of rotatable bonds is 6. The summed E-state index contributed by atoms with van der Waals surface area (Å²) in [6.07, 6.45) is 2.63. The van der Waals surface area contributed by atoms with Crippen LogP contribution >= 0.6 is 15.9 Å². The molecular weight excluding hydrogens is 310 g/mol. The zero-order valence-corrected chi connectivity index (χ0v) is 12.4. The van der Waals surface area contributed by atoms with Gasteiger partial charge in [0.05, 0.1) is 4.92 Å². The molecule has 0 amide bonds. The van der Waals surface area contributed by atoms with Gasteiger partial charge in [-0.2, -0.15) is 0 Å². The average molecular weight is 328 g/mol. The number of nitro groups is 1. The lowest BCUT2D eigenvalue weighted by Crippen LogP contribution is -2.29. The number of hydrogen-bond donors (Lipinski definition) is 1. The van der Waals surface area contributed by atoms with E-state index in [1.807, 2.05) is 0 Å². The quantitative estimate of drug-likeness (QED) is 0.495. The second-order valence-corrected chi connectivity index (χ2v) is 5.61. The highest BCUT2D eigenvalue weighted by molar-refractivity contribution is 9.10. The monoisotopic (exact) mass is 327 g/mol.